The molecule has 1 fully saturated rings. The van der Waals surface area contributed by atoms with Gasteiger partial charge >= 0.3 is 0 Å². The first kappa shape index (κ1) is 23.9. The number of hydrogen-bond donors (Lipinski definition) is 1. The van der Waals surface area contributed by atoms with Crippen LogP contribution in [0.5, 0.6) is 5.75 Å². The van der Waals surface area contributed by atoms with E-state index in [2.05, 4.69) is 45.3 Å². The summed E-state index contributed by atoms with van der Waals surface area (Å²) >= 11 is 0. The van der Waals surface area contributed by atoms with E-state index in [1.165, 1.54) is 0 Å². The summed E-state index contributed by atoms with van der Waals surface area (Å²) in [4.78, 5) is 37.4. The van der Waals surface area contributed by atoms with Crippen LogP contribution >= 0.6 is 0 Å². The molecule has 0 atom stereocenters. The van der Waals surface area contributed by atoms with Crippen LogP contribution in [0.25, 0.3) is 27.6 Å². The maximum Gasteiger partial charge on any atom is 0.278 e. The third kappa shape index (κ3) is 3.92. The molecule has 3 aromatic heterocycles. The highest BCUT2D eigenvalue weighted by atomic mass is 16.5. The summed E-state index contributed by atoms with van der Waals surface area (Å²) in [7, 11) is 0. The summed E-state index contributed by atoms with van der Waals surface area (Å²) in [6.45, 7) is 2.43. The minimum Gasteiger partial charge on any atom is -0.482 e. The highest BCUT2D eigenvalue weighted by Crippen LogP contribution is 2.35. The molecule has 1 saturated heterocycles. The molecule has 1 N–H and O–H groups in total. The van der Waals surface area contributed by atoms with E-state index in [0.29, 0.717) is 66.5 Å². The van der Waals surface area contributed by atoms with Crippen LogP contribution in [0.1, 0.15) is 18.9 Å². The Morgan fingerprint density at radius 3 is 2.83 bits per heavy atom. The number of nitrogens with one attached hydrogen (secondary N) is 1. The van der Waals surface area contributed by atoms with Crippen LogP contribution in [0.4, 0.5) is 17.3 Å². The van der Waals surface area contributed by atoms with Gasteiger partial charge in [0.1, 0.15) is 11.1 Å². The number of benzene rings is 2. The van der Waals surface area contributed by atoms with Crippen LogP contribution < -0.4 is 20.5 Å². The normalized spacial score (nSPS) is 17.9. The first-order valence-corrected chi connectivity index (χ1v) is 13.8. The number of amides is 1. The fraction of sp³-hybridized carbons (Fsp3) is 0.267. The second-order valence-electron chi connectivity index (χ2n) is 10.5. The Hall–Kier alpha value is -4.90. The van der Waals surface area contributed by atoms with Crippen LogP contribution in [0.3, 0.4) is 0 Å². The number of nitrogens with zero attached hydrogens (tertiary/aromatic N) is 6. The summed E-state index contributed by atoms with van der Waals surface area (Å²) < 4.78 is 16.8. The fourth-order valence-corrected chi connectivity index (χ4v) is 5.80. The molecule has 11 nitrogen and oxygen atoms in total. The van der Waals surface area contributed by atoms with Crippen LogP contribution in [0.2, 0.25) is 0 Å². The molecule has 11 heteroatoms. The maximum absolute atomic E-state index is 13.6. The van der Waals surface area contributed by atoms with Crippen molar-refractivity contribution < 1.29 is 14.3 Å². The third-order valence-electron chi connectivity index (χ3n) is 8.00. The van der Waals surface area contributed by atoms with Gasteiger partial charge in [-0.1, -0.05) is 18.2 Å². The van der Waals surface area contributed by atoms with Crippen LogP contribution in [0.15, 0.2) is 71.8 Å². The molecule has 0 aliphatic carbocycles. The first-order valence-electron chi connectivity index (χ1n) is 13.8. The molecule has 3 aliphatic heterocycles. The lowest BCUT2D eigenvalue weighted by Crippen LogP contribution is -2.39. The topological polar surface area (TPSA) is 108 Å². The van der Waals surface area contributed by atoms with E-state index in [1.807, 2.05) is 30.3 Å². The summed E-state index contributed by atoms with van der Waals surface area (Å²) in [5.74, 6) is 0.951. The van der Waals surface area contributed by atoms with Gasteiger partial charge in [-0.15, -0.1) is 0 Å². The van der Waals surface area contributed by atoms with Gasteiger partial charge in [-0.3, -0.25) is 9.59 Å². The highest BCUT2D eigenvalue weighted by Gasteiger charge is 2.27. The minimum atomic E-state index is -0.183. The van der Waals surface area contributed by atoms with Crippen molar-refractivity contribution in [1.82, 2.24) is 23.9 Å². The highest BCUT2D eigenvalue weighted by molar-refractivity contribution is 5.98. The molecule has 41 heavy (non-hydrogen) atoms. The van der Waals surface area contributed by atoms with Gasteiger partial charge in [0.15, 0.2) is 12.3 Å². The number of carbonyl (C=O) groups is 1. The van der Waals surface area contributed by atoms with Crippen LogP contribution in [-0.2, 0) is 16.1 Å². The Bertz CT molecular complexity index is 1930. The summed E-state index contributed by atoms with van der Waals surface area (Å²) in [5.41, 5.74) is 3.65. The second-order valence-corrected chi connectivity index (χ2v) is 10.5. The lowest BCUT2D eigenvalue weighted by molar-refractivity contribution is -0.121. The number of anilines is 3. The van der Waals surface area contributed by atoms with Gasteiger partial charge in [-0.2, -0.15) is 4.98 Å². The van der Waals surface area contributed by atoms with Crippen molar-refractivity contribution >= 4 is 45.2 Å². The summed E-state index contributed by atoms with van der Waals surface area (Å²) in [6, 6.07) is 14.2. The van der Waals surface area contributed by atoms with Crippen molar-refractivity contribution in [3.8, 4) is 11.4 Å². The van der Waals surface area contributed by atoms with E-state index >= 15 is 0 Å². The second kappa shape index (κ2) is 9.34. The number of hydrogen-bond acceptors (Lipinski definition) is 7. The van der Waals surface area contributed by atoms with E-state index in [1.54, 1.807) is 20.5 Å². The van der Waals surface area contributed by atoms with E-state index in [4.69, 9.17) is 14.5 Å². The van der Waals surface area contributed by atoms with E-state index in [0.717, 1.165) is 29.4 Å². The number of ether oxygens (including phenoxy) is 2. The number of rotatable bonds is 3. The number of fused-ring (bicyclic) bond motifs is 6. The molecule has 2 bridgehead atoms. The SMILES string of the molecule is O=C1COc2ccc3cc2N1CCC/C=C\Cn1c(=O)c2cnc(Nc4ccc5ccn(C6COC6)c5c4)nc2n1-3. The van der Waals surface area contributed by atoms with Crippen molar-refractivity contribution in [2.75, 3.05) is 36.6 Å². The molecule has 8 rings (SSSR count). The van der Waals surface area contributed by atoms with Crippen LogP contribution in [0, 0.1) is 0 Å². The minimum absolute atomic E-state index is 0.0204. The molecule has 0 spiro atoms. The largest absolute Gasteiger partial charge is 0.482 e. The first-order chi connectivity index (χ1) is 20.1. The summed E-state index contributed by atoms with van der Waals surface area (Å²) in [5, 5.41) is 4.89. The standard InChI is InChI=1S/C30H27N7O4/c38-27-18-41-26-8-7-21-14-25(26)35(27)10-3-1-2-4-11-36-29(39)23-15-31-30(33-28(23)37(21)36)32-20-6-5-19-9-12-34(24(19)13-20)22-16-40-17-22/h2,4-9,12-15,22H,1,3,10-11,16-18H2,(H,31,32,33)/b4-2-. The zero-order chi connectivity index (χ0) is 27.5. The predicted molar refractivity (Wildman–Crippen MR) is 154 cm³/mol. The maximum atomic E-state index is 13.6. The van der Waals surface area contributed by atoms with Crippen molar-refractivity contribution in [3.63, 3.8) is 0 Å². The van der Waals surface area contributed by atoms with Gasteiger partial charge in [-0.05, 0) is 54.6 Å². The molecule has 1 amide bonds. The average molecular weight is 550 g/mol. The van der Waals surface area contributed by atoms with Gasteiger partial charge in [0.2, 0.25) is 5.95 Å². The molecule has 3 aliphatic rings. The van der Waals surface area contributed by atoms with Gasteiger partial charge < -0.3 is 24.3 Å². The lowest BCUT2D eigenvalue weighted by Gasteiger charge is -2.30. The summed E-state index contributed by atoms with van der Waals surface area (Å²) in [6.07, 6.45) is 9.32. The van der Waals surface area contributed by atoms with Crippen LogP contribution in [-0.4, -0.2) is 56.2 Å². The molecular weight excluding hydrogens is 522 g/mol. The Labute approximate surface area is 234 Å². The average Bonchev–Trinajstić information content (AvgIpc) is 3.47. The van der Waals surface area contributed by atoms with Crippen molar-refractivity contribution in [1.29, 1.82) is 0 Å². The van der Waals surface area contributed by atoms with Gasteiger partial charge in [0, 0.05) is 24.6 Å². The Morgan fingerprint density at radius 1 is 1.02 bits per heavy atom. The zero-order valence-corrected chi connectivity index (χ0v) is 22.2. The lowest BCUT2D eigenvalue weighted by atomic mass is 10.1. The third-order valence-corrected chi connectivity index (χ3v) is 8.00. The van der Waals surface area contributed by atoms with Gasteiger partial charge in [0.05, 0.1) is 42.7 Å². The van der Waals surface area contributed by atoms with Crippen molar-refractivity contribution in [2.45, 2.75) is 25.4 Å². The number of allylic oxidation sites excluding steroid dienone is 2. The van der Waals surface area contributed by atoms with Gasteiger partial charge in [0.25, 0.3) is 11.5 Å². The molecule has 0 unspecified atom stereocenters. The molecule has 206 valence electrons. The van der Waals surface area contributed by atoms with E-state index < -0.39 is 0 Å². The fourth-order valence-electron chi connectivity index (χ4n) is 5.80. The molecule has 2 aromatic carbocycles. The molecule has 0 radical (unpaired) electrons. The molecule has 0 saturated carbocycles. The zero-order valence-electron chi connectivity index (χ0n) is 22.2. The van der Waals surface area contributed by atoms with E-state index in [9.17, 15) is 9.59 Å². The predicted octanol–water partition coefficient (Wildman–Crippen LogP) is 3.93. The van der Waals surface area contributed by atoms with Crippen molar-refractivity contribution in [3.05, 3.63) is 77.4 Å². The smallest absolute Gasteiger partial charge is 0.278 e. The Morgan fingerprint density at radius 2 is 1.95 bits per heavy atom. The number of carbonyl (C=O) groups excluding carboxylic acids is 1. The van der Waals surface area contributed by atoms with Crippen molar-refractivity contribution in [2.24, 2.45) is 0 Å². The molecule has 5 aromatic rings. The van der Waals surface area contributed by atoms with E-state index in [-0.39, 0.29) is 18.1 Å². The monoisotopic (exact) mass is 549 g/mol. The molecule has 6 heterocycles. The molecular formula is C30H27N7O4. The van der Waals surface area contributed by atoms with Gasteiger partial charge in [-0.25, -0.2) is 14.3 Å². The quantitative estimate of drug-likeness (QED) is 0.340. The Kier molecular flexibility index (Phi) is 5.46. The number of aromatic nitrogens is 5. The Balaban J connectivity index is 1.24.